The van der Waals surface area contributed by atoms with Gasteiger partial charge in [-0.15, -0.1) is 6.58 Å². The molecule has 0 amide bonds. The number of carboxylic acid groups (broad SMARTS) is 1. The summed E-state index contributed by atoms with van der Waals surface area (Å²) >= 11 is 0. The Bertz CT molecular complexity index is 153. The largest absolute Gasteiger partial charge is 0.480 e. The van der Waals surface area contributed by atoms with E-state index in [2.05, 4.69) is 32.7 Å². The van der Waals surface area contributed by atoms with Crippen molar-refractivity contribution in [2.45, 2.75) is 40.0 Å². The molecule has 0 aromatic rings. The molecule has 90 valence electrons. The van der Waals surface area contributed by atoms with E-state index >= 15 is 0 Å². The van der Waals surface area contributed by atoms with Crippen molar-refractivity contribution >= 4 is 5.97 Å². The maximum atomic E-state index is 10.0. The molecule has 0 fully saturated rings. The number of hydrogen-bond acceptors (Lipinski definition) is 2. The van der Waals surface area contributed by atoms with Crippen molar-refractivity contribution in [3.05, 3.63) is 12.7 Å². The van der Waals surface area contributed by atoms with E-state index in [1.54, 1.807) is 0 Å². The van der Waals surface area contributed by atoms with Gasteiger partial charge in [-0.05, 0) is 31.7 Å². The van der Waals surface area contributed by atoms with E-state index in [0.717, 1.165) is 31.7 Å². The number of carboxylic acids is 1. The van der Waals surface area contributed by atoms with Gasteiger partial charge in [-0.25, -0.2) is 0 Å². The first-order valence-corrected chi connectivity index (χ1v) is 5.54. The van der Waals surface area contributed by atoms with Crippen LogP contribution in [0.5, 0.6) is 0 Å². The molecule has 0 aromatic carbocycles. The maximum Gasteiger partial charge on any atom is 0.317 e. The predicted octanol–water partition coefficient (Wildman–Crippen LogP) is 2.68. The Morgan fingerprint density at radius 2 is 1.93 bits per heavy atom. The van der Waals surface area contributed by atoms with Crippen LogP contribution in [-0.2, 0) is 4.79 Å². The van der Waals surface area contributed by atoms with Gasteiger partial charge in [0.25, 0.3) is 0 Å². The summed E-state index contributed by atoms with van der Waals surface area (Å²) in [5.74, 6) is 0.0359. The van der Waals surface area contributed by atoms with E-state index < -0.39 is 5.97 Å². The van der Waals surface area contributed by atoms with Crippen LogP contribution < -0.4 is 5.32 Å². The molecule has 0 aromatic heterocycles. The van der Waals surface area contributed by atoms with E-state index in [1.807, 2.05) is 6.08 Å². The van der Waals surface area contributed by atoms with Gasteiger partial charge in [-0.3, -0.25) is 4.79 Å². The van der Waals surface area contributed by atoms with Gasteiger partial charge in [0.05, 0.1) is 6.54 Å². The summed E-state index contributed by atoms with van der Waals surface area (Å²) < 4.78 is 0. The summed E-state index contributed by atoms with van der Waals surface area (Å²) in [5.41, 5.74) is 0. The van der Waals surface area contributed by atoms with Crippen LogP contribution in [0.2, 0.25) is 0 Å². The molecule has 3 nitrogen and oxygen atoms in total. The van der Waals surface area contributed by atoms with E-state index in [1.165, 1.54) is 0 Å². The highest BCUT2D eigenvalue weighted by Gasteiger charge is 1.93. The fourth-order valence-electron chi connectivity index (χ4n) is 0.734. The number of aliphatic carboxylic acids is 1. The van der Waals surface area contributed by atoms with Crippen molar-refractivity contribution in [2.75, 3.05) is 13.1 Å². The average molecular weight is 215 g/mol. The Morgan fingerprint density at radius 1 is 1.40 bits per heavy atom. The van der Waals surface area contributed by atoms with Gasteiger partial charge >= 0.3 is 5.97 Å². The third kappa shape index (κ3) is 32.0. The first-order chi connectivity index (χ1) is 7.00. The van der Waals surface area contributed by atoms with Gasteiger partial charge in [0.2, 0.25) is 0 Å². The van der Waals surface area contributed by atoms with Gasteiger partial charge in [-0.1, -0.05) is 26.8 Å². The Morgan fingerprint density at radius 3 is 2.33 bits per heavy atom. The Balaban J connectivity index is 0. The fraction of sp³-hybridized carbons (Fsp3) is 0.750. The highest BCUT2D eigenvalue weighted by molar-refractivity contribution is 5.68. The lowest BCUT2D eigenvalue weighted by Crippen LogP contribution is -2.23. The van der Waals surface area contributed by atoms with E-state index in [4.69, 9.17) is 5.11 Å². The van der Waals surface area contributed by atoms with Crippen molar-refractivity contribution in [1.29, 1.82) is 0 Å². The Kier molecular flexibility index (Phi) is 14.6. The molecule has 0 heterocycles. The lowest BCUT2D eigenvalue weighted by Gasteiger charge is -1.98. The zero-order valence-corrected chi connectivity index (χ0v) is 10.3. The summed E-state index contributed by atoms with van der Waals surface area (Å²) in [7, 11) is 0. The minimum Gasteiger partial charge on any atom is -0.480 e. The van der Waals surface area contributed by atoms with E-state index in [9.17, 15) is 4.79 Å². The van der Waals surface area contributed by atoms with Crippen LogP contribution in [0.1, 0.15) is 40.0 Å². The standard InChI is InChI=1S/C8H15NO2.C4H10/c1-2-3-4-5-6-9-7-8(10)11;1-4(2)3/h2,9H,1,3-7H2,(H,10,11);4H,1-3H3. The smallest absolute Gasteiger partial charge is 0.317 e. The third-order valence-electron chi connectivity index (χ3n) is 1.29. The lowest BCUT2D eigenvalue weighted by atomic mass is 10.2. The molecule has 0 bridgehead atoms. The highest BCUT2D eigenvalue weighted by atomic mass is 16.4. The molecule has 3 heteroatoms. The van der Waals surface area contributed by atoms with E-state index in [-0.39, 0.29) is 6.54 Å². The number of carbonyl (C=O) groups is 1. The second-order valence-corrected chi connectivity index (χ2v) is 4.09. The van der Waals surface area contributed by atoms with Gasteiger partial charge in [0.1, 0.15) is 0 Å². The molecule has 0 aliphatic rings. The van der Waals surface area contributed by atoms with Crippen LogP contribution in [-0.4, -0.2) is 24.2 Å². The van der Waals surface area contributed by atoms with Crippen LogP contribution in [0.15, 0.2) is 12.7 Å². The van der Waals surface area contributed by atoms with Crippen molar-refractivity contribution in [3.8, 4) is 0 Å². The predicted molar refractivity (Wildman–Crippen MR) is 65.1 cm³/mol. The molecule has 0 saturated heterocycles. The van der Waals surface area contributed by atoms with E-state index in [0.29, 0.717) is 0 Å². The molecule has 15 heavy (non-hydrogen) atoms. The van der Waals surface area contributed by atoms with Gasteiger partial charge in [0, 0.05) is 0 Å². The SMILES string of the molecule is C=CCCCCNCC(=O)O.CC(C)C. The first-order valence-electron chi connectivity index (χ1n) is 5.54. The summed E-state index contributed by atoms with van der Waals surface area (Å²) in [5, 5.41) is 11.0. The molecular formula is C12H25NO2. The number of allylic oxidation sites excluding steroid dienone is 1. The number of unbranched alkanes of at least 4 members (excludes halogenated alkanes) is 2. The van der Waals surface area contributed by atoms with Crippen molar-refractivity contribution < 1.29 is 9.90 Å². The number of nitrogens with one attached hydrogen (secondary N) is 1. The average Bonchev–Trinajstić information content (AvgIpc) is 2.09. The topological polar surface area (TPSA) is 49.3 Å². The Hall–Kier alpha value is -0.830. The van der Waals surface area contributed by atoms with Crippen molar-refractivity contribution in [1.82, 2.24) is 5.32 Å². The van der Waals surface area contributed by atoms with Crippen molar-refractivity contribution in [3.63, 3.8) is 0 Å². The normalized spacial score (nSPS) is 9.33. The monoisotopic (exact) mass is 215 g/mol. The molecule has 0 spiro atoms. The molecule has 0 atom stereocenters. The van der Waals surface area contributed by atoms with Crippen LogP contribution in [0.25, 0.3) is 0 Å². The quantitative estimate of drug-likeness (QED) is 0.507. The summed E-state index contributed by atoms with van der Waals surface area (Å²) in [6.45, 7) is 10.9. The van der Waals surface area contributed by atoms with Gasteiger partial charge < -0.3 is 10.4 Å². The number of rotatable bonds is 7. The van der Waals surface area contributed by atoms with Crippen molar-refractivity contribution in [2.24, 2.45) is 5.92 Å². The molecule has 0 saturated carbocycles. The first kappa shape index (κ1) is 16.6. The van der Waals surface area contributed by atoms with Crippen LogP contribution >= 0.6 is 0 Å². The van der Waals surface area contributed by atoms with Crippen LogP contribution in [0.3, 0.4) is 0 Å². The fourth-order valence-corrected chi connectivity index (χ4v) is 0.734. The molecule has 0 unspecified atom stereocenters. The van der Waals surface area contributed by atoms with Crippen LogP contribution in [0.4, 0.5) is 0 Å². The molecule has 0 aliphatic carbocycles. The zero-order valence-electron chi connectivity index (χ0n) is 10.3. The molecule has 2 N–H and O–H groups in total. The third-order valence-corrected chi connectivity index (χ3v) is 1.29. The van der Waals surface area contributed by atoms with Crippen LogP contribution in [0, 0.1) is 5.92 Å². The van der Waals surface area contributed by atoms with Gasteiger partial charge in [0.15, 0.2) is 0 Å². The minimum absolute atomic E-state index is 0.0636. The molecule has 0 rings (SSSR count). The maximum absolute atomic E-state index is 10.0. The summed E-state index contributed by atoms with van der Waals surface area (Å²) in [6.07, 6.45) is 4.97. The molecular weight excluding hydrogens is 190 g/mol. The molecule has 0 radical (unpaired) electrons. The molecule has 0 aliphatic heterocycles. The Labute approximate surface area is 93.6 Å². The highest BCUT2D eigenvalue weighted by Crippen LogP contribution is 1.92. The number of hydrogen-bond donors (Lipinski definition) is 2. The zero-order chi connectivity index (χ0) is 12.1. The second kappa shape index (κ2) is 13.2. The summed E-state index contributed by atoms with van der Waals surface area (Å²) in [4.78, 5) is 10.0. The minimum atomic E-state index is -0.797. The summed E-state index contributed by atoms with van der Waals surface area (Å²) in [6, 6.07) is 0. The second-order valence-electron chi connectivity index (χ2n) is 4.09. The lowest BCUT2D eigenvalue weighted by molar-refractivity contribution is -0.135. The van der Waals surface area contributed by atoms with Gasteiger partial charge in [-0.2, -0.15) is 0 Å².